The van der Waals surface area contributed by atoms with E-state index in [2.05, 4.69) is 104 Å². The number of fused-ring (bicyclic) bond motifs is 1. The highest BCUT2D eigenvalue weighted by Gasteiger charge is 2.68. The van der Waals surface area contributed by atoms with E-state index >= 15 is 0 Å². The summed E-state index contributed by atoms with van der Waals surface area (Å²) in [6.45, 7) is 35.3. The summed E-state index contributed by atoms with van der Waals surface area (Å²) in [7, 11) is -3.53. The van der Waals surface area contributed by atoms with Gasteiger partial charge in [-0.15, -0.1) is 0 Å². The molecule has 8 saturated heterocycles. The molecular weight excluding hydrogens is 949 g/mol. The molecule has 384 valence electrons. The Kier molecular flexibility index (Phi) is 18.2. The van der Waals surface area contributed by atoms with Crippen molar-refractivity contribution in [1.29, 1.82) is 0 Å². The topological polar surface area (TPSA) is 120 Å². The standard InChI is InChI=1S/C53H91BrO11Si2/c1-14-67(15-2,16-3)57-23-17-18-39-25-33(5)35(7)44(59-39)29-45-41(36(8)43(61-45)24-32(4)31-58-66(12,13)52(9,10)11)28-38(56)27-40-19-20-42-47(60-40)51-50-49(62-42)48-46(63-50)30-53(64-48,65-51)22-21-37(55)26-34(6)54/h32-33,36-37,39-51,55H,6-7,14-31H2,1-5,8-13H3/t32-,33+,36+,37+,39-,40+,41+,42-,43+,44+,45?,46?,47?,48-,49-,50?,51-,53-/m0/s1. The normalized spacial score (nSPS) is 39.4. The molecule has 0 spiro atoms. The van der Waals surface area contributed by atoms with Crippen molar-refractivity contribution >= 4 is 38.3 Å². The molecule has 0 amide bonds. The van der Waals surface area contributed by atoms with Crippen LogP contribution in [0, 0.1) is 23.7 Å². The fraction of sp³-hybridized carbons (Fsp3) is 0.906. The van der Waals surface area contributed by atoms with E-state index in [-0.39, 0.29) is 95.9 Å². The molecule has 67 heavy (non-hydrogen) atoms. The molecule has 11 nitrogen and oxygen atoms in total. The lowest BCUT2D eigenvalue weighted by atomic mass is 9.78. The number of halogens is 1. The second-order valence-corrected chi connectivity index (χ2v) is 34.5. The van der Waals surface area contributed by atoms with E-state index in [4.69, 9.17) is 42.0 Å². The Morgan fingerprint density at radius 1 is 0.896 bits per heavy atom. The van der Waals surface area contributed by atoms with Crippen LogP contribution in [-0.2, 0) is 46.8 Å². The Labute approximate surface area is 415 Å². The highest BCUT2D eigenvalue weighted by Crippen LogP contribution is 2.54. The molecule has 8 fully saturated rings. The molecule has 6 bridgehead atoms. The zero-order valence-electron chi connectivity index (χ0n) is 43.4. The summed E-state index contributed by atoms with van der Waals surface area (Å²) in [4.78, 5) is 14.5. The van der Waals surface area contributed by atoms with Crippen LogP contribution in [0.15, 0.2) is 23.2 Å². The molecule has 0 saturated carbocycles. The number of Topliss-reactive ketones (excluding diaryl/α,β-unsaturated/α-hetero) is 1. The van der Waals surface area contributed by atoms with E-state index in [1.54, 1.807) is 0 Å². The summed E-state index contributed by atoms with van der Waals surface area (Å²) in [6, 6.07) is 3.50. The number of ether oxygens (including phenoxy) is 7. The van der Waals surface area contributed by atoms with Gasteiger partial charge in [-0.25, -0.2) is 0 Å². The van der Waals surface area contributed by atoms with Crippen LogP contribution in [0.1, 0.15) is 146 Å². The van der Waals surface area contributed by atoms with Crippen molar-refractivity contribution in [1.82, 2.24) is 0 Å². The van der Waals surface area contributed by atoms with E-state index < -0.39 is 28.5 Å². The number of aliphatic hydroxyl groups excluding tert-OH is 1. The summed E-state index contributed by atoms with van der Waals surface area (Å²) in [5.74, 6) is 0.249. The third-order valence-corrected chi connectivity index (χ3v) is 27.5. The lowest BCUT2D eigenvalue weighted by molar-refractivity contribution is -0.292. The van der Waals surface area contributed by atoms with Crippen molar-refractivity contribution in [2.24, 2.45) is 23.7 Å². The molecule has 8 aliphatic heterocycles. The van der Waals surface area contributed by atoms with Gasteiger partial charge in [0.05, 0.1) is 48.8 Å². The molecule has 1 N–H and O–H groups in total. The number of aliphatic hydroxyl groups is 1. The molecule has 0 aromatic rings. The summed E-state index contributed by atoms with van der Waals surface area (Å²) >= 11 is 3.39. The van der Waals surface area contributed by atoms with Crippen LogP contribution in [0.25, 0.3) is 0 Å². The molecule has 0 radical (unpaired) electrons. The lowest BCUT2D eigenvalue weighted by Gasteiger charge is -2.47. The van der Waals surface area contributed by atoms with Crippen molar-refractivity contribution in [2.45, 2.75) is 267 Å². The van der Waals surface area contributed by atoms with Crippen LogP contribution in [0.4, 0.5) is 0 Å². The van der Waals surface area contributed by atoms with E-state index in [1.807, 2.05) is 0 Å². The third kappa shape index (κ3) is 12.5. The van der Waals surface area contributed by atoms with Crippen LogP contribution >= 0.6 is 15.9 Å². The third-order valence-electron chi connectivity index (χ3n) is 18.0. The van der Waals surface area contributed by atoms with Crippen LogP contribution in [-0.4, -0.2) is 126 Å². The van der Waals surface area contributed by atoms with Gasteiger partial charge in [-0.2, -0.15) is 0 Å². The minimum atomic E-state index is -1.90. The Morgan fingerprint density at radius 3 is 2.27 bits per heavy atom. The minimum absolute atomic E-state index is 0.0185. The molecule has 14 heteroatoms. The molecule has 18 atom stereocenters. The maximum absolute atomic E-state index is 14.5. The lowest BCUT2D eigenvalue weighted by Crippen LogP contribution is -2.61. The predicted molar refractivity (Wildman–Crippen MR) is 271 cm³/mol. The highest BCUT2D eigenvalue weighted by atomic mass is 79.9. The molecule has 8 aliphatic rings. The maximum atomic E-state index is 14.5. The Bertz CT molecular complexity index is 1680. The van der Waals surface area contributed by atoms with Crippen molar-refractivity contribution in [3.05, 3.63) is 23.2 Å². The zero-order valence-corrected chi connectivity index (χ0v) is 47.0. The predicted octanol–water partition coefficient (Wildman–Crippen LogP) is 11.4. The van der Waals surface area contributed by atoms with E-state index in [9.17, 15) is 9.90 Å². The first kappa shape index (κ1) is 54.4. The molecule has 0 aliphatic carbocycles. The van der Waals surface area contributed by atoms with Gasteiger partial charge in [0.1, 0.15) is 36.3 Å². The zero-order chi connectivity index (χ0) is 48.6. The van der Waals surface area contributed by atoms with Gasteiger partial charge in [-0.05, 0) is 115 Å². The number of ketones is 1. The molecule has 8 rings (SSSR count). The average Bonchev–Trinajstić information content (AvgIpc) is 3.81. The SMILES string of the molecule is C=C(Br)C[C@H](O)CC[C@@]12CC3OC4[C@@H](O1)C1O[C@@H](CC(=O)C[C@H]5C(C[C@H]6O[C@@H](CCCO[Si](CC)(CC)CC)C[C@@H](C)C6=C)O[C@H](C[C@H](C)CO[Si](C)(C)C(C)(C)C)[C@@H]5C)CC[C@@H]1O[C@H]4[C@H]3O2. The Morgan fingerprint density at radius 2 is 1.58 bits per heavy atom. The van der Waals surface area contributed by atoms with E-state index in [1.165, 1.54) is 18.1 Å². The number of carbonyl (C=O) groups excluding carboxylic acids is 1. The first-order valence-corrected chi connectivity index (χ1v) is 32.9. The fourth-order valence-corrected chi connectivity index (χ4v) is 16.6. The second kappa shape index (κ2) is 22.4. The average molecular weight is 1040 g/mol. The maximum Gasteiger partial charge on any atom is 0.191 e. The van der Waals surface area contributed by atoms with Crippen molar-refractivity contribution in [3.8, 4) is 0 Å². The van der Waals surface area contributed by atoms with Gasteiger partial charge in [-0.3, -0.25) is 4.79 Å². The molecule has 0 aromatic carbocycles. The quantitative estimate of drug-likeness (QED) is 0.0565. The van der Waals surface area contributed by atoms with Gasteiger partial charge in [-0.1, -0.05) is 91.4 Å². The van der Waals surface area contributed by atoms with Gasteiger partial charge >= 0.3 is 0 Å². The summed E-state index contributed by atoms with van der Waals surface area (Å²) in [6.07, 6.45) is 6.41. The molecule has 0 aromatic heterocycles. The molecular formula is C53H91BrO11Si2. The minimum Gasteiger partial charge on any atom is -0.417 e. The van der Waals surface area contributed by atoms with Gasteiger partial charge in [0.2, 0.25) is 0 Å². The number of hydrogen-bond acceptors (Lipinski definition) is 11. The van der Waals surface area contributed by atoms with E-state index in [0.717, 1.165) is 55.2 Å². The first-order chi connectivity index (χ1) is 31.6. The van der Waals surface area contributed by atoms with Crippen LogP contribution < -0.4 is 0 Å². The van der Waals surface area contributed by atoms with Crippen LogP contribution in [0.2, 0.25) is 36.3 Å². The largest absolute Gasteiger partial charge is 0.417 e. The van der Waals surface area contributed by atoms with Gasteiger partial charge in [0, 0.05) is 51.7 Å². The first-order valence-electron chi connectivity index (χ1n) is 26.7. The summed E-state index contributed by atoms with van der Waals surface area (Å²) in [5.41, 5.74) is 1.15. The number of hydrogen-bond donors (Lipinski definition) is 1. The summed E-state index contributed by atoms with van der Waals surface area (Å²) < 4.78 is 62.0. The number of carbonyl (C=O) groups is 1. The van der Waals surface area contributed by atoms with Crippen molar-refractivity contribution in [2.75, 3.05) is 13.2 Å². The van der Waals surface area contributed by atoms with Gasteiger partial charge < -0.3 is 47.1 Å². The monoisotopic (exact) mass is 1040 g/mol. The second-order valence-electron chi connectivity index (χ2n) is 23.8. The van der Waals surface area contributed by atoms with Gasteiger partial charge in [0.15, 0.2) is 22.4 Å². The van der Waals surface area contributed by atoms with Crippen molar-refractivity contribution < 1.29 is 51.9 Å². The summed E-state index contributed by atoms with van der Waals surface area (Å²) in [5, 5.41) is 10.9. The Balaban J connectivity index is 1.00. The highest BCUT2D eigenvalue weighted by molar-refractivity contribution is 9.11. The smallest absolute Gasteiger partial charge is 0.191 e. The molecule has 8 heterocycles. The van der Waals surface area contributed by atoms with E-state index in [0.29, 0.717) is 63.4 Å². The van der Waals surface area contributed by atoms with Crippen LogP contribution in [0.3, 0.4) is 0 Å². The van der Waals surface area contributed by atoms with Crippen LogP contribution in [0.5, 0.6) is 0 Å². The molecule has 4 unspecified atom stereocenters. The van der Waals surface area contributed by atoms with Crippen molar-refractivity contribution in [3.63, 3.8) is 0 Å². The van der Waals surface area contributed by atoms with Gasteiger partial charge in [0.25, 0.3) is 0 Å². The fourth-order valence-electron chi connectivity index (χ4n) is 12.4. The number of rotatable bonds is 24. The Hall–Kier alpha value is -0.336.